The van der Waals surface area contributed by atoms with E-state index < -0.39 is 0 Å². The zero-order chi connectivity index (χ0) is 17.5. The van der Waals surface area contributed by atoms with E-state index in [2.05, 4.69) is 10.6 Å². The van der Waals surface area contributed by atoms with Crippen LogP contribution in [0.25, 0.3) is 0 Å². The van der Waals surface area contributed by atoms with Gasteiger partial charge in [0.25, 0.3) is 5.91 Å². The molecule has 1 fully saturated rings. The van der Waals surface area contributed by atoms with Gasteiger partial charge < -0.3 is 15.4 Å². The molecular formula is C20H22N2O3. The highest BCUT2D eigenvalue weighted by atomic mass is 16.5. The van der Waals surface area contributed by atoms with E-state index in [-0.39, 0.29) is 24.3 Å². The fourth-order valence-electron chi connectivity index (χ4n) is 2.96. The number of hydrogen-bond donors (Lipinski definition) is 2. The first kappa shape index (κ1) is 17.0. The third kappa shape index (κ3) is 5.08. The van der Waals surface area contributed by atoms with Crippen molar-refractivity contribution in [2.45, 2.75) is 25.7 Å². The summed E-state index contributed by atoms with van der Waals surface area (Å²) >= 11 is 0. The molecule has 2 aromatic carbocycles. The van der Waals surface area contributed by atoms with Crippen LogP contribution in [0.15, 0.2) is 54.6 Å². The van der Waals surface area contributed by atoms with Crippen LogP contribution in [0.2, 0.25) is 0 Å². The van der Waals surface area contributed by atoms with Crippen molar-refractivity contribution in [3.63, 3.8) is 0 Å². The third-order valence-corrected chi connectivity index (χ3v) is 4.26. The van der Waals surface area contributed by atoms with Gasteiger partial charge in [0.2, 0.25) is 5.91 Å². The van der Waals surface area contributed by atoms with E-state index in [4.69, 9.17) is 4.74 Å². The Kier molecular flexibility index (Phi) is 5.67. The van der Waals surface area contributed by atoms with Crippen molar-refractivity contribution in [3.05, 3.63) is 54.6 Å². The number of ether oxygens (including phenoxy) is 1. The highest BCUT2D eigenvalue weighted by Gasteiger charge is 2.22. The zero-order valence-corrected chi connectivity index (χ0v) is 14.0. The zero-order valence-electron chi connectivity index (χ0n) is 14.0. The molecule has 5 nitrogen and oxygen atoms in total. The predicted molar refractivity (Wildman–Crippen MR) is 97.6 cm³/mol. The molecule has 0 bridgehead atoms. The molecule has 0 saturated heterocycles. The van der Waals surface area contributed by atoms with E-state index in [9.17, 15) is 9.59 Å². The Bertz CT molecular complexity index is 725. The summed E-state index contributed by atoms with van der Waals surface area (Å²) in [5.41, 5.74) is 1.42. The summed E-state index contributed by atoms with van der Waals surface area (Å²) in [6.07, 6.45) is 4.17. The Hall–Kier alpha value is -2.82. The van der Waals surface area contributed by atoms with E-state index in [1.54, 1.807) is 18.2 Å². The van der Waals surface area contributed by atoms with Gasteiger partial charge in [0.15, 0.2) is 6.61 Å². The molecule has 0 atom stereocenters. The SMILES string of the molecule is O=C(COc1cccc(NC(=O)C2CCCC2)c1)Nc1ccccc1. The fourth-order valence-corrected chi connectivity index (χ4v) is 2.96. The lowest BCUT2D eigenvalue weighted by Gasteiger charge is -2.12. The van der Waals surface area contributed by atoms with Crippen LogP contribution in [0, 0.1) is 5.92 Å². The molecule has 0 aliphatic heterocycles. The van der Waals surface area contributed by atoms with Crippen molar-refractivity contribution in [1.82, 2.24) is 0 Å². The molecule has 0 aromatic heterocycles. The largest absolute Gasteiger partial charge is 0.484 e. The summed E-state index contributed by atoms with van der Waals surface area (Å²) in [7, 11) is 0. The van der Waals surface area contributed by atoms with Crippen LogP contribution < -0.4 is 15.4 Å². The maximum Gasteiger partial charge on any atom is 0.262 e. The number of hydrogen-bond acceptors (Lipinski definition) is 3. The number of para-hydroxylation sites is 1. The van der Waals surface area contributed by atoms with Crippen LogP contribution in [0.5, 0.6) is 5.75 Å². The lowest BCUT2D eigenvalue weighted by atomic mass is 10.1. The van der Waals surface area contributed by atoms with Gasteiger partial charge in [0.1, 0.15) is 5.75 Å². The molecule has 2 N–H and O–H groups in total. The van der Waals surface area contributed by atoms with Gasteiger partial charge in [-0.2, -0.15) is 0 Å². The first-order valence-electron chi connectivity index (χ1n) is 8.59. The molecule has 0 radical (unpaired) electrons. The third-order valence-electron chi connectivity index (χ3n) is 4.26. The summed E-state index contributed by atoms with van der Waals surface area (Å²) < 4.78 is 5.52. The number of anilines is 2. The molecule has 2 aromatic rings. The predicted octanol–water partition coefficient (Wildman–Crippen LogP) is 3.83. The first-order chi connectivity index (χ1) is 12.2. The standard InChI is InChI=1S/C20H22N2O3/c23-19(21-16-9-2-1-3-10-16)14-25-18-12-6-11-17(13-18)22-20(24)15-7-4-5-8-15/h1-3,6,9-13,15H,4-5,7-8,14H2,(H,21,23)(H,22,24). The summed E-state index contributed by atoms with van der Waals surface area (Å²) in [6, 6.07) is 16.4. The Morgan fingerprint density at radius 2 is 1.64 bits per heavy atom. The minimum absolute atomic E-state index is 0.0662. The van der Waals surface area contributed by atoms with Crippen LogP contribution >= 0.6 is 0 Å². The van der Waals surface area contributed by atoms with Crippen molar-refractivity contribution >= 4 is 23.2 Å². The van der Waals surface area contributed by atoms with Gasteiger partial charge in [-0.25, -0.2) is 0 Å². The highest BCUT2D eigenvalue weighted by Crippen LogP contribution is 2.26. The van der Waals surface area contributed by atoms with E-state index in [0.717, 1.165) is 31.4 Å². The quantitative estimate of drug-likeness (QED) is 0.841. The molecule has 1 aliphatic carbocycles. The average Bonchev–Trinajstić information content (AvgIpc) is 3.16. The molecule has 1 aliphatic rings. The average molecular weight is 338 g/mol. The number of nitrogens with one attached hydrogen (secondary N) is 2. The molecule has 0 heterocycles. The molecule has 1 saturated carbocycles. The fraction of sp³-hybridized carbons (Fsp3) is 0.300. The Morgan fingerprint density at radius 1 is 0.920 bits per heavy atom. The van der Waals surface area contributed by atoms with Crippen LogP contribution in [0.4, 0.5) is 11.4 Å². The molecule has 130 valence electrons. The van der Waals surface area contributed by atoms with Gasteiger partial charge in [0, 0.05) is 23.4 Å². The van der Waals surface area contributed by atoms with Gasteiger partial charge in [-0.15, -0.1) is 0 Å². The molecule has 25 heavy (non-hydrogen) atoms. The topological polar surface area (TPSA) is 67.4 Å². The molecular weight excluding hydrogens is 316 g/mol. The van der Waals surface area contributed by atoms with E-state index in [1.165, 1.54) is 0 Å². The smallest absolute Gasteiger partial charge is 0.262 e. The lowest BCUT2D eigenvalue weighted by molar-refractivity contribution is -0.120. The number of carbonyl (C=O) groups excluding carboxylic acids is 2. The van der Waals surface area contributed by atoms with Gasteiger partial charge >= 0.3 is 0 Å². The number of benzene rings is 2. The van der Waals surface area contributed by atoms with E-state index in [0.29, 0.717) is 11.4 Å². The van der Waals surface area contributed by atoms with Crippen molar-refractivity contribution in [1.29, 1.82) is 0 Å². The Balaban J connectivity index is 1.51. The normalized spacial score (nSPS) is 14.1. The Labute approximate surface area is 147 Å². The maximum atomic E-state index is 12.2. The van der Waals surface area contributed by atoms with Crippen LogP contribution in [0.3, 0.4) is 0 Å². The second-order valence-corrected chi connectivity index (χ2v) is 6.20. The lowest BCUT2D eigenvalue weighted by Crippen LogP contribution is -2.21. The van der Waals surface area contributed by atoms with Crippen LogP contribution in [-0.4, -0.2) is 18.4 Å². The number of amides is 2. The summed E-state index contributed by atoms with van der Waals surface area (Å²) in [6.45, 7) is -0.0884. The molecule has 0 spiro atoms. The van der Waals surface area contributed by atoms with E-state index >= 15 is 0 Å². The molecule has 3 rings (SSSR count). The van der Waals surface area contributed by atoms with Crippen LogP contribution in [0.1, 0.15) is 25.7 Å². The molecule has 0 unspecified atom stereocenters. The van der Waals surface area contributed by atoms with Gasteiger partial charge in [-0.05, 0) is 37.1 Å². The monoisotopic (exact) mass is 338 g/mol. The van der Waals surface area contributed by atoms with Gasteiger partial charge in [-0.3, -0.25) is 9.59 Å². The number of rotatable bonds is 6. The first-order valence-corrected chi connectivity index (χ1v) is 8.59. The molecule has 5 heteroatoms. The van der Waals surface area contributed by atoms with Crippen molar-refractivity contribution in [3.8, 4) is 5.75 Å². The Morgan fingerprint density at radius 3 is 2.40 bits per heavy atom. The van der Waals surface area contributed by atoms with Gasteiger partial charge in [0.05, 0.1) is 0 Å². The van der Waals surface area contributed by atoms with E-state index in [1.807, 2.05) is 36.4 Å². The summed E-state index contributed by atoms with van der Waals surface area (Å²) in [5, 5.41) is 5.69. The van der Waals surface area contributed by atoms with Crippen LogP contribution in [-0.2, 0) is 9.59 Å². The van der Waals surface area contributed by atoms with Gasteiger partial charge in [-0.1, -0.05) is 37.1 Å². The second kappa shape index (κ2) is 8.33. The minimum atomic E-state index is -0.230. The van der Waals surface area contributed by atoms with Crippen molar-refractivity contribution < 1.29 is 14.3 Å². The summed E-state index contributed by atoms with van der Waals surface area (Å²) in [5.74, 6) is 0.497. The highest BCUT2D eigenvalue weighted by molar-refractivity contribution is 5.93. The van der Waals surface area contributed by atoms with Crippen molar-refractivity contribution in [2.75, 3.05) is 17.2 Å². The summed E-state index contributed by atoms with van der Waals surface area (Å²) in [4.78, 5) is 24.1. The number of carbonyl (C=O) groups is 2. The maximum absolute atomic E-state index is 12.2. The second-order valence-electron chi connectivity index (χ2n) is 6.20. The minimum Gasteiger partial charge on any atom is -0.484 e. The molecule has 2 amide bonds. The van der Waals surface area contributed by atoms with Crippen molar-refractivity contribution in [2.24, 2.45) is 5.92 Å².